The van der Waals surface area contributed by atoms with E-state index >= 15 is 0 Å². The van der Waals surface area contributed by atoms with E-state index in [9.17, 15) is 4.79 Å². The lowest BCUT2D eigenvalue weighted by atomic mass is 9.99. The predicted octanol–water partition coefficient (Wildman–Crippen LogP) is 2.91. The first-order chi connectivity index (χ1) is 13.2. The molecule has 1 atom stereocenters. The van der Waals surface area contributed by atoms with Crippen molar-refractivity contribution in [3.8, 4) is 0 Å². The summed E-state index contributed by atoms with van der Waals surface area (Å²) in [4.78, 5) is 17.3. The molecule has 1 N–H and O–H groups in total. The molecule has 5 heteroatoms. The Morgan fingerprint density at radius 1 is 1.00 bits per heavy atom. The maximum atomic E-state index is 12.7. The van der Waals surface area contributed by atoms with Crippen molar-refractivity contribution in [2.24, 2.45) is 0 Å². The zero-order chi connectivity index (χ0) is 18.6. The van der Waals surface area contributed by atoms with Crippen LogP contribution in [0.2, 0.25) is 0 Å². The van der Waals surface area contributed by atoms with Crippen LogP contribution in [0.15, 0.2) is 48.5 Å². The molecule has 1 fully saturated rings. The summed E-state index contributed by atoms with van der Waals surface area (Å²) in [6, 6.07) is 16.5. The molecule has 0 unspecified atom stereocenters. The molecule has 0 spiro atoms. The number of amides is 1. The fourth-order valence-corrected chi connectivity index (χ4v) is 3.84. The first-order valence-electron chi connectivity index (χ1n) is 9.75. The van der Waals surface area contributed by atoms with Gasteiger partial charge in [0.05, 0.1) is 19.3 Å². The number of nitrogens with one attached hydrogen (secondary N) is 1. The van der Waals surface area contributed by atoms with Crippen LogP contribution >= 0.6 is 0 Å². The molecule has 0 aliphatic carbocycles. The third-order valence-corrected chi connectivity index (χ3v) is 5.60. The zero-order valence-electron chi connectivity index (χ0n) is 15.9. The van der Waals surface area contributed by atoms with Crippen molar-refractivity contribution in [1.82, 2.24) is 4.90 Å². The van der Waals surface area contributed by atoms with E-state index in [1.54, 1.807) is 0 Å². The number of anilines is 2. The molecule has 2 aliphatic heterocycles. The van der Waals surface area contributed by atoms with Crippen LogP contribution in [0, 0.1) is 0 Å². The minimum atomic E-state index is -0.155. The maximum Gasteiger partial charge on any atom is 0.241 e. The number of nitrogens with zero attached hydrogens (tertiary/aromatic N) is 2. The summed E-state index contributed by atoms with van der Waals surface area (Å²) in [5, 5.41) is 3.07. The van der Waals surface area contributed by atoms with Gasteiger partial charge in [-0.1, -0.05) is 24.3 Å². The van der Waals surface area contributed by atoms with Crippen LogP contribution in [0.3, 0.4) is 0 Å². The molecule has 4 rings (SSSR count). The highest BCUT2D eigenvalue weighted by Gasteiger charge is 2.25. The monoisotopic (exact) mass is 365 g/mol. The average Bonchev–Trinajstić information content (AvgIpc) is 2.74. The standard InChI is InChI=1S/C22H27N3O2/c1-17(25-11-10-18-4-2-3-5-19(18)16-25)22(26)23-20-6-8-21(9-7-20)24-12-14-27-15-13-24/h2-9,17H,10-16H2,1H3,(H,23,26)/t17-/m1/s1. The van der Waals surface area contributed by atoms with E-state index < -0.39 is 0 Å². The molecule has 5 nitrogen and oxygen atoms in total. The Hall–Kier alpha value is -2.37. The van der Waals surface area contributed by atoms with Gasteiger partial charge in [-0.15, -0.1) is 0 Å². The highest BCUT2D eigenvalue weighted by molar-refractivity contribution is 5.94. The molecule has 2 heterocycles. The second kappa shape index (κ2) is 8.11. The lowest BCUT2D eigenvalue weighted by molar-refractivity contribution is -0.121. The molecule has 2 aliphatic rings. The van der Waals surface area contributed by atoms with Crippen molar-refractivity contribution in [3.63, 3.8) is 0 Å². The number of morpholine rings is 1. The molecular formula is C22H27N3O2. The minimum Gasteiger partial charge on any atom is -0.378 e. The fraction of sp³-hybridized carbons (Fsp3) is 0.409. The smallest absolute Gasteiger partial charge is 0.241 e. The van der Waals surface area contributed by atoms with Gasteiger partial charge >= 0.3 is 0 Å². The molecule has 2 aromatic rings. The van der Waals surface area contributed by atoms with Crippen LogP contribution < -0.4 is 10.2 Å². The third kappa shape index (κ3) is 4.15. The number of ether oxygens (including phenoxy) is 1. The molecule has 2 aromatic carbocycles. The van der Waals surface area contributed by atoms with Gasteiger partial charge < -0.3 is 15.0 Å². The second-order valence-corrected chi connectivity index (χ2v) is 7.30. The first kappa shape index (κ1) is 18.0. The molecule has 0 radical (unpaired) electrons. The fourth-order valence-electron chi connectivity index (χ4n) is 3.84. The van der Waals surface area contributed by atoms with Gasteiger partial charge in [0, 0.05) is 37.6 Å². The molecular weight excluding hydrogens is 338 g/mol. The van der Waals surface area contributed by atoms with Crippen molar-refractivity contribution in [1.29, 1.82) is 0 Å². The Morgan fingerprint density at radius 3 is 2.44 bits per heavy atom. The van der Waals surface area contributed by atoms with Gasteiger partial charge in [-0.3, -0.25) is 9.69 Å². The van der Waals surface area contributed by atoms with Gasteiger partial charge in [0.1, 0.15) is 0 Å². The van der Waals surface area contributed by atoms with E-state index in [1.807, 2.05) is 19.1 Å². The first-order valence-corrected chi connectivity index (χ1v) is 9.75. The normalized spacial score (nSPS) is 18.6. The predicted molar refractivity (Wildman–Crippen MR) is 108 cm³/mol. The van der Waals surface area contributed by atoms with Crippen LogP contribution in [0.4, 0.5) is 11.4 Å². The largest absolute Gasteiger partial charge is 0.378 e. The Bertz CT molecular complexity index is 784. The summed E-state index contributed by atoms with van der Waals surface area (Å²) in [5.74, 6) is 0.0495. The molecule has 27 heavy (non-hydrogen) atoms. The lowest BCUT2D eigenvalue weighted by Crippen LogP contribution is -2.44. The maximum absolute atomic E-state index is 12.7. The number of hydrogen-bond acceptors (Lipinski definition) is 4. The van der Waals surface area contributed by atoms with E-state index in [4.69, 9.17) is 4.74 Å². The Morgan fingerprint density at radius 2 is 1.70 bits per heavy atom. The number of rotatable bonds is 4. The summed E-state index contributed by atoms with van der Waals surface area (Å²) < 4.78 is 5.40. The van der Waals surface area contributed by atoms with Gasteiger partial charge in [0.25, 0.3) is 0 Å². The summed E-state index contributed by atoms with van der Waals surface area (Å²) in [6.45, 7) is 7.12. The molecule has 1 amide bonds. The Balaban J connectivity index is 1.36. The van der Waals surface area contributed by atoms with E-state index in [2.05, 4.69) is 51.5 Å². The van der Waals surface area contributed by atoms with Gasteiger partial charge in [0.2, 0.25) is 5.91 Å². The number of fused-ring (bicyclic) bond motifs is 1. The van der Waals surface area contributed by atoms with E-state index in [-0.39, 0.29) is 11.9 Å². The molecule has 0 bridgehead atoms. The highest BCUT2D eigenvalue weighted by atomic mass is 16.5. The van der Waals surface area contributed by atoms with Crippen LogP contribution in [0.25, 0.3) is 0 Å². The number of benzene rings is 2. The number of hydrogen-bond donors (Lipinski definition) is 1. The molecule has 0 aromatic heterocycles. The van der Waals surface area contributed by atoms with Crippen LogP contribution in [0.1, 0.15) is 18.1 Å². The van der Waals surface area contributed by atoms with E-state index in [0.29, 0.717) is 0 Å². The molecule has 142 valence electrons. The van der Waals surface area contributed by atoms with Crippen molar-refractivity contribution < 1.29 is 9.53 Å². The van der Waals surface area contributed by atoms with E-state index in [1.165, 1.54) is 16.8 Å². The van der Waals surface area contributed by atoms with Gasteiger partial charge in [-0.2, -0.15) is 0 Å². The quantitative estimate of drug-likeness (QED) is 0.905. The number of carbonyl (C=O) groups is 1. The highest BCUT2D eigenvalue weighted by Crippen LogP contribution is 2.22. The SMILES string of the molecule is C[C@H](C(=O)Nc1ccc(N2CCOCC2)cc1)N1CCc2ccccc2C1. The molecule has 1 saturated heterocycles. The zero-order valence-corrected chi connectivity index (χ0v) is 15.9. The van der Waals surface area contributed by atoms with Gasteiger partial charge in [-0.25, -0.2) is 0 Å². The summed E-state index contributed by atoms with van der Waals surface area (Å²) in [6.07, 6.45) is 1.00. The number of carbonyl (C=O) groups excluding carboxylic acids is 1. The average molecular weight is 365 g/mol. The third-order valence-electron chi connectivity index (χ3n) is 5.60. The Labute approximate surface area is 160 Å². The minimum absolute atomic E-state index is 0.0495. The van der Waals surface area contributed by atoms with Crippen molar-refractivity contribution in [2.45, 2.75) is 25.9 Å². The van der Waals surface area contributed by atoms with Crippen LogP contribution in [-0.4, -0.2) is 49.7 Å². The molecule has 0 saturated carbocycles. The van der Waals surface area contributed by atoms with E-state index in [0.717, 1.165) is 51.5 Å². The Kier molecular flexibility index (Phi) is 5.41. The summed E-state index contributed by atoms with van der Waals surface area (Å²) in [7, 11) is 0. The van der Waals surface area contributed by atoms with Crippen molar-refractivity contribution in [3.05, 3.63) is 59.7 Å². The van der Waals surface area contributed by atoms with Crippen molar-refractivity contribution >= 4 is 17.3 Å². The van der Waals surface area contributed by atoms with Gasteiger partial charge in [0.15, 0.2) is 0 Å². The van der Waals surface area contributed by atoms with Crippen LogP contribution in [-0.2, 0) is 22.5 Å². The topological polar surface area (TPSA) is 44.8 Å². The van der Waals surface area contributed by atoms with Crippen LogP contribution in [0.5, 0.6) is 0 Å². The van der Waals surface area contributed by atoms with Crippen molar-refractivity contribution in [2.75, 3.05) is 43.1 Å². The summed E-state index contributed by atoms with van der Waals surface area (Å²) >= 11 is 0. The summed E-state index contributed by atoms with van der Waals surface area (Å²) in [5.41, 5.74) is 4.76. The second-order valence-electron chi connectivity index (χ2n) is 7.30. The van der Waals surface area contributed by atoms with Gasteiger partial charge in [-0.05, 0) is 48.7 Å². The lowest BCUT2D eigenvalue weighted by Gasteiger charge is -2.33.